The number of allylic oxidation sites excluding steroid dienone is 1. The second kappa shape index (κ2) is 12.0. The molecule has 1 radical (unpaired) electrons. The van der Waals surface area contributed by atoms with Crippen LogP contribution in [0.25, 0.3) is 0 Å². The Bertz CT molecular complexity index is 536. The molecule has 0 nitrogen and oxygen atoms in total. The number of rotatable bonds is 3. The van der Waals surface area contributed by atoms with Gasteiger partial charge in [-0.2, -0.15) is 0 Å². The van der Waals surface area contributed by atoms with Crippen molar-refractivity contribution in [1.82, 2.24) is 0 Å². The van der Waals surface area contributed by atoms with Crippen molar-refractivity contribution in [2.24, 2.45) is 17.8 Å². The molecule has 3 rings (SSSR count). The van der Waals surface area contributed by atoms with Gasteiger partial charge < -0.3 is 21.3 Å². The summed E-state index contributed by atoms with van der Waals surface area (Å²) in [4.78, 5) is 0. The zero-order valence-corrected chi connectivity index (χ0v) is 17.9. The minimum atomic E-state index is 0. The molecule has 0 spiro atoms. The predicted octanol–water partition coefficient (Wildman–Crippen LogP) is 7.43. The second-order valence-electron chi connectivity index (χ2n) is 7.56. The Hall–Kier alpha value is -0.466. The van der Waals surface area contributed by atoms with E-state index in [-0.39, 0.29) is 21.4 Å². The Labute approximate surface area is 172 Å². The summed E-state index contributed by atoms with van der Waals surface area (Å²) in [6, 6.07) is 9.27. The van der Waals surface area contributed by atoms with E-state index >= 15 is 0 Å². The standard InChI is InChI=1S/C21H30.C2HP.V.2H2/c1-3-17-6-10-19(11-7-17)21-14-12-20(13-15-21)18-8-4-16(2)5-9-18;1-2-3;;;/h3-5,8-9,17,19-21H,1,6-7,10-15H2,2H3;3H;;2*1H/q;-2;;;. The van der Waals surface area contributed by atoms with Crippen molar-refractivity contribution in [1.29, 1.82) is 0 Å². The van der Waals surface area contributed by atoms with E-state index in [0.717, 1.165) is 23.7 Å². The minimum absolute atomic E-state index is 0. The molecular formula is C23H35PV-2. The Morgan fingerprint density at radius 2 is 1.44 bits per heavy atom. The normalized spacial score (nSPS) is 28.5. The molecule has 2 fully saturated rings. The molecule has 1 aromatic rings. The second-order valence-corrected chi connectivity index (χ2v) is 7.81. The van der Waals surface area contributed by atoms with Gasteiger partial charge in [-0.15, -0.1) is 6.58 Å². The van der Waals surface area contributed by atoms with Gasteiger partial charge >= 0.3 is 0 Å². The van der Waals surface area contributed by atoms with Crippen molar-refractivity contribution in [3.05, 3.63) is 54.5 Å². The molecule has 2 aliphatic carbocycles. The maximum atomic E-state index is 5.87. The van der Waals surface area contributed by atoms with Gasteiger partial charge in [-0.25, -0.2) is 0 Å². The van der Waals surface area contributed by atoms with Crippen molar-refractivity contribution in [3.8, 4) is 5.66 Å². The molecule has 2 heteroatoms. The van der Waals surface area contributed by atoms with Gasteiger partial charge in [-0.05, 0) is 87.5 Å². The van der Waals surface area contributed by atoms with Gasteiger partial charge in [0, 0.05) is 21.4 Å². The van der Waals surface area contributed by atoms with E-state index in [2.05, 4.69) is 53.1 Å². The molecule has 0 heterocycles. The summed E-state index contributed by atoms with van der Waals surface area (Å²) in [5, 5.41) is 0. The third-order valence-electron chi connectivity index (χ3n) is 6.14. The summed E-state index contributed by atoms with van der Waals surface area (Å²) >= 11 is 0. The summed E-state index contributed by atoms with van der Waals surface area (Å²) < 4.78 is 0. The third kappa shape index (κ3) is 6.98. The average molecular weight is 393 g/mol. The van der Waals surface area contributed by atoms with Crippen LogP contribution in [-0.4, -0.2) is 0 Å². The molecular weight excluding hydrogens is 358 g/mol. The maximum absolute atomic E-state index is 5.87. The van der Waals surface area contributed by atoms with E-state index in [1.54, 1.807) is 11.2 Å². The Morgan fingerprint density at radius 1 is 1.00 bits per heavy atom. The van der Waals surface area contributed by atoms with Gasteiger partial charge in [0.25, 0.3) is 0 Å². The van der Waals surface area contributed by atoms with Gasteiger partial charge in [0.2, 0.25) is 0 Å². The summed E-state index contributed by atoms with van der Waals surface area (Å²) in [6.07, 6.45) is 19.5. The van der Waals surface area contributed by atoms with E-state index in [1.807, 2.05) is 0 Å². The summed E-state index contributed by atoms with van der Waals surface area (Å²) in [5.41, 5.74) is 4.76. The molecule has 2 saturated carbocycles. The van der Waals surface area contributed by atoms with E-state index in [9.17, 15) is 0 Å². The largest absolute Gasteiger partial charge is 0.731 e. The molecule has 25 heavy (non-hydrogen) atoms. The van der Waals surface area contributed by atoms with Gasteiger partial charge in [0.05, 0.1) is 0 Å². The quantitative estimate of drug-likeness (QED) is 0.217. The first kappa shape index (κ1) is 22.6. The summed E-state index contributed by atoms with van der Waals surface area (Å²) in [5.74, 6) is 3.66. The number of aryl methyl sites for hydroxylation is 1. The zero-order valence-electron chi connectivity index (χ0n) is 15.5. The molecule has 0 N–H and O–H groups in total. The van der Waals surface area contributed by atoms with E-state index in [1.165, 1.54) is 56.9 Å². The Balaban J connectivity index is 0. The van der Waals surface area contributed by atoms with Gasteiger partial charge in [-0.3, -0.25) is 0 Å². The van der Waals surface area contributed by atoms with Gasteiger partial charge in [0.1, 0.15) is 0 Å². The summed E-state index contributed by atoms with van der Waals surface area (Å²) in [6.45, 7) is 6.15. The Kier molecular flexibility index (Phi) is 10.9. The average Bonchev–Trinajstić information content (AvgIpc) is 2.63. The molecule has 0 saturated heterocycles. The van der Waals surface area contributed by atoms with Crippen LogP contribution in [-0.2, 0) is 18.6 Å². The van der Waals surface area contributed by atoms with Crippen LogP contribution >= 0.6 is 9.24 Å². The van der Waals surface area contributed by atoms with Crippen LogP contribution in [0.3, 0.4) is 0 Å². The smallest absolute Gasteiger partial charge is 0 e. The van der Waals surface area contributed by atoms with Crippen molar-refractivity contribution >= 4 is 9.24 Å². The molecule has 0 aromatic heterocycles. The van der Waals surface area contributed by atoms with Gasteiger partial charge in [-0.1, -0.05) is 35.9 Å². The van der Waals surface area contributed by atoms with Crippen molar-refractivity contribution in [2.45, 2.75) is 64.2 Å². The molecule has 0 unspecified atom stereocenters. The van der Waals surface area contributed by atoms with E-state index < -0.39 is 0 Å². The van der Waals surface area contributed by atoms with Crippen LogP contribution < -0.4 is 0 Å². The number of hydrogen-bond donors (Lipinski definition) is 0. The SMILES string of the molecule is C=CC1CCC(C2CCC(c3ccc(C)cc3)CC2)CC1.[C-]#C[PH-].[HH].[HH].[V]. The van der Waals surface area contributed by atoms with Crippen LogP contribution in [0, 0.1) is 36.8 Å². The van der Waals surface area contributed by atoms with Crippen LogP contribution in [0.4, 0.5) is 0 Å². The molecule has 2 aliphatic rings. The minimum Gasteiger partial charge on any atom is -0.731 e. The first-order chi connectivity index (χ1) is 11.7. The van der Waals surface area contributed by atoms with Crippen LogP contribution in [0.2, 0.25) is 0 Å². The maximum Gasteiger partial charge on any atom is 0 e. The molecule has 0 bridgehead atoms. The molecule has 0 aliphatic heterocycles. The fourth-order valence-electron chi connectivity index (χ4n) is 4.61. The molecule has 0 amide bonds. The van der Waals surface area contributed by atoms with Gasteiger partial charge in [0.15, 0.2) is 0 Å². The van der Waals surface area contributed by atoms with Crippen molar-refractivity contribution in [3.63, 3.8) is 0 Å². The van der Waals surface area contributed by atoms with E-state index in [0.29, 0.717) is 0 Å². The third-order valence-corrected chi connectivity index (χ3v) is 6.14. The topological polar surface area (TPSA) is 0 Å². The molecule has 0 atom stereocenters. The fourth-order valence-corrected chi connectivity index (χ4v) is 4.61. The molecule has 139 valence electrons. The van der Waals surface area contributed by atoms with Crippen LogP contribution in [0.15, 0.2) is 36.9 Å². The van der Waals surface area contributed by atoms with Crippen molar-refractivity contribution < 1.29 is 21.4 Å². The molecule has 1 aromatic carbocycles. The van der Waals surface area contributed by atoms with Crippen LogP contribution in [0.5, 0.6) is 0 Å². The first-order valence-corrected chi connectivity index (χ1v) is 9.95. The fraction of sp³-hybridized carbons (Fsp3) is 0.565. The first-order valence-electron chi connectivity index (χ1n) is 9.45. The Morgan fingerprint density at radius 3 is 1.88 bits per heavy atom. The van der Waals surface area contributed by atoms with E-state index in [4.69, 9.17) is 6.42 Å². The van der Waals surface area contributed by atoms with Crippen LogP contribution in [0.1, 0.15) is 71.3 Å². The summed E-state index contributed by atoms with van der Waals surface area (Å²) in [7, 11) is 2.60. The zero-order chi connectivity index (χ0) is 17.4. The number of benzene rings is 1. The number of hydrogen-bond acceptors (Lipinski definition) is 0. The predicted molar refractivity (Wildman–Crippen MR) is 111 cm³/mol. The monoisotopic (exact) mass is 393 g/mol. The van der Waals surface area contributed by atoms with Crippen molar-refractivity contribution in [2.75, 3.05) is 0 Å².